The van der Waals surface area contributed by atoms with Crippen LogP contribution in [0.5, 0.6) is 0 Å². The number of nitrogens with zero attached hydrogens (tertiary/aromatic N) is 1. The molecule has 0 saturated heterocycles. The smallest absolute Gasteiger partial charge is 0.0611 e. The average Bonchev–Trinajstić information content (AvgIpc) is 2.26. The zero-order valence-corrected chi connectivity index (χ0v) is 11.9. The molecule has 1 atom stereocenters. The average molecular weight is 230 g/mol. The van der Waals surface area contributed by atoms with Crippen LogP contribution in [0.2, 0.25) is 0 Å². The number of nitrogens with one attached hydrogen (secondary N) is 1. The Labute approximate surface area is 101 Å². The number of hydrogen-bond acceptors (Lipinski definition) is 3. The third kappa shape index (κ3) is 4.81. The summed E-state index contributed by atoms with van der Waals surface area (Å²) in [5, 5.41) is 12.8. The maximum Gasteiger partial charge on any atom is 0.0611 e. The molecular weight excluding hydrogens is 200 g/mol. The van der Waals surface area contributed by atoms with Crippen molar-refractivity contribution in [3.63, 3.8) is 0 Å². The molecule has 0 aliphatic carbocycles. The first kappa shape index (κ1) is 15.9. The lowest BCUT2D eigenvalue weighted by Gasteiger charge is -2.38. The SMILES string of the molecule is CCNC(C)(CO)CCN(C)C(C)(C)CC. The minimum Gasteiger partial charge on any atom is -0.394 e. The Hall–Kier alpha value is -0.120. The minimum absolute atomic E-state index is 0.146. The van der Waals surface area contributed by atoms with Gasteiger partial charge in [0.25, 0.3) is 0 Å². The monoisotopic (exact) mass is 230 g/mol. The predicted molar refractivity (Wildman–Crippen MR) is 70.8 cm³/mol. The summed E-state index contributed by atoms with van der Waals surface area (Å²) in [5.74, 6) is 0. The maximum absolute atomic E-state index is 9.41. The number of hydrogen-bond donors (Lipinski definition) is 2. The molecule has 0 aliphatic heterocycles. The van der Waals surface area contributed by atoms with Gasteiger partial charge in [-0.05, 0) is 47.2 Å². The molecule has 1 unspecified atom stereocenters. The van der Waals surface area contributed by atoms with E-state index in [-0.39, 0.29) is 17.7 Å². The van der Waals surface area contributed by atoms with Gasteiger partial charge in [0, 0.05) is 17.6 Å². The van der Waals surface area contributed by atoms with Crippen molar-refractivity contribution in [3.05, 3.63) is 0 Å². The van der Waals surface area contributed by atoms with Gasteiger partial charge in [0.05, 0.1) is 6.61 Å². The first-order valence-electron chi connectivity index (χ1n) is 6.38. The fraction of sp³-hybridized carbons (Fsp3) is 1.00. The lowest BCUT2D eigenvalue weighted by molar-refractivity contribution is 0.110. The second-order valence-corrected chi connectivity index (χ2v) is 5.59. The lowest BCUT2D eigenvalue weighted by Crippen LogP contribution is -2.50. The van der Waals surface area contributed by atoms with E-state index in [1.807, 2.05) is 0 Å². The fourth-order valence-corrected chi connectivity index (χ4v) is 1.64. The molecule has 0 amide bonds. The molecule has 0 fully saturated rings. The van der Waals surface area contributed by atoms with E-state index in [2.05, 4.69) is 51.9 Å². The second-order valence-electron chi connectivity index (χ2n) is 5.59. The molecule has 0 rings (SSSR count). The molecule has 0 aromatic carbocycles. The van der Waals surface area contributed by atoms with Crippen LogP contribution >= 0.6 is 0 Å². The lowest BCUT2D eigenvalue weighted by atomic mass is 9.95. The molecule has 0 aromatic heterocycles. The topological polar surface area (TPSA) is 35.5 Å². The molecule has 0 aliphatic rings. The summed E-state index contributed by atoms with van der Waals surface area (Å²) in [5.41, 5.74) is 0.0927. The largest absolute Gasteiger partial charge is 0.394 e. The van der Waals surface area contributed by atoms with E-state index in [0.29, 0.717) is 0 Å². The van der Waals surface area contributed by atoms with E-state index in [0.717, 1.165) is 25.9 Å². The number of aliphatic hydroxyl groups excluding tert-OH is 1. The molecular formula is C13H30N2O. The van der Waals surface area contributed by atoms with Gasteiger partial charge in [-0.1, -0.05) is 13.8 Å². The molecule has 0 bridgehead atoms. The minimum atomic E-state index is -0.146. The van der Waals surface area contributed by atoms with E-state index >= 15 is 0 Å². The van der Waals surface area contributed by atoms with Gasteiger partial charge in [-0.25, -0.2) is 0 Å². The standard InChI is InChI=1S/C13H30N2O/c1-7-12(3,4)15(6)10-9-13(5,11-16)14-8-2/h14,16H,7-11H2,1-6H3. The Morgan fingerprint density at radius 1 is 1.19 bits per heavy atom. The first-order valence-corrected chi connectivity index (χ1v) is 6.38. The van der Waals surface area contributed by atoms with Gasteiger partial charge in [0.15, 0.2) is 0 Å². The third-order valence-electron chi connectivity index (χ3n) is 3.85. The summed E-state index contributed by atoms with van der Waals surface area (Å²) >= 11 is 0. The van der Waals surface area contributed by atoms with Crippen molar-refractivity contribution in [1.29, 1.82) is 0 Å². The summed E-state index contributed by atoms with van der Waals surface area (Å²) in [6, 6.07) is 0. The number of aliphatic hydroxyl groups is 1. The van der Waals surface area contributed by atoms with Gasteiger partial charge < -0.3 is 15.3 Å². The van der Waals surface area contributed by atoms with Crippen molar-refractivity contribution in [1.82, 2.24) is 10.2 Å². The molecule has 3 nitrogen and oxygen atoms in total. The molecule has 2 N–H and O–H groups in total. The molecule has 3 heteroatoms. The molecule has 98 valence electrons. The summed E-state index contributed by atoms with van der Waals surface area (Å²) in [7, 11) is 2.16. The van der Waals surface area contributed by atoms with Crippen LogP contribution in [-0.4, -0.2) is 47.8 Å². The Bertz CT molecular complexity index is 194. The fourth-order valence-electron chi connectivity index (χ4n) is 1.64. The van der Waals surface area contributed by atoms with Crippen LogP contribution in [0.25, 0.3) is 0 Å². The molecule has 16 heavy (non-hydrogen) atoms. The van der Waals surface area contributed by atoms with Crippen LogP contribution in [0.15, 0.2) is 0 Å². The van der Waals surface area contributed by atoms with Crippen LogP contribution < -0.4 is 5.32 Å². The van der Waals surface area contributed by atoms with Crippen molar-refractivity contribution in [2.75, 3.05) is 26.7 Å². The highest BCUT2D eigenvalue weighted by Gasteiger charge is 2.26. The predicted octanol–water partition coefficient (Wildman–Crippen LogP) is 1.86. The van der Waals surface area contributed by atoms with E-state index in [9.17, 15) is 5.11 Å². The maximum atomic E-state index is 9.41. The molecule has 0 aromatic rings. The van der Waals surface area contributed by atoms with Gasteiger partial charge in [0.2, 0.25) is 0 Å². The number of rotatable bonds is 8. The highest BCUT2D eigenvalue weighted by Crippen LogP contribution is 2.18. The van der Waals surface area contributed by atoms with Crippen molar-refractivity contribution in [2.24, 2.45) is 0 Å². The zero-order valence-electron chi connectivity index (χ0n) is 11.9. The van der Waals surface area contributed by atoms with Crippen LogP contribution in [0.4, 0.5) is 0 Å². The summed E-state index contributed by atoms with van der Waals surface area (Å²) in [6.45, 7) is 13.0. The van der Waals surface area contributed by atoms with Crippen molar-refractivity contribution >= 4 is 0 Å². The quantitative estimate of drug-likeness (QED) is 0.668. The normalized spacial score (nSPS) is 16.5. The molecule has 0 saturated carbocycles. The van der Waals surface area contributed by atoms with E-state index in [1.165, 1.54) is 0 Å². The Morgan fingerprint density at radius 2 is 1.75 bits per heavy atom. The van der Waals surface area contributed by atoms with Gasteiger partial charge >= 0.3 is 0 Å². The van der Waals surface area contributed by atoms with Crippen LogP contribution in [-0.2, 0) is 0 Å². The highest BCUT2D eigenvalue weighted by atomic mass is 16.3. The molecule has 0 spiro atoms. The summed E-state index contributed by atoms with van der Waals surface area (Å²) in [4.78, 5) is 2.37. The van der Waals surface area contributed by atoms with Crippen molar-refractivity contribution in [2.45, 2.75) is 58.5 Å². The Morgan fingerprint density at radius 3 is 2.12 bits per heavy atom. The van der Waals surface area contributed by atoms with E-state index < -0.39 is 0 Å². The third-order valence-corrected chi connectivity index (χ3v) is 3.85. The summed E-state index contributed by atoms with van der Waals surface area (Å²) < 4.78 is 0. The van der Waals surface area contributed by atoms with Gasteiger partial charge in [-0.15, -0.1) is 0 Å². The Kier molecular flexibility index (Phi) is 6.53. The molecule has 0 radical (unpaired) electrons. The first-order chi connectivity index (χ1) is 7.31. The van der Waals surface area contributed by atoms with Gasteiger partial charge in [-0.3, -0.25) is 0 Å². The summed E-state index contributed by atoms with van der Waals surface area (Å²) in [6.07, 6.45) is 2.11. The highest BCUT2D eigenvalue weighted by molar-refractivity contribution is 4.85. The van der Waals surface area contributed by atoms with Crippen molar-refractivity contribution < 1.29 is 5.11 Å². The van der Waals surface area contributed by atoms with E-state index in [4.69, 9.17) is 0 Å². The van der Waals surface area contributed by atoms with Gasteiger partial charge in [-0.2, -0.15) is 0 Å². The second kappa shape index (κ2) is 6.58. The molecule has 0 heterocycles. The van der Waals surface area contributed by atoms with Crippen LogP contribution in [0.3, 0.4) is 0 Å². The van der Waals surface area contributed by atoms with Crippen LogP contribution in [0, 0.1) is 0 Å². The van der Waals surface area contributed by atoms with E-state index in [1.54, 1.807) is 0 Å². The Balaban J connectivity index is 4.21. The zero-order chi connectivity index (χ0) is 12.8. The van der Waals surface area contributed by atoms with Gasteiger partial charge in [0.1, 0.15) is 0 Å². The number of likely N-dealkylation sites (N-methyl/N-ethyl adjacent to an activating group) is 1. The van der Waals surface area contributed by atoms with Crippen molar-refractivity contribution in [3.8, 4) is 0 Å². The van der Waals surface area contributed by atoms with Crippen LogP contribution in [0.1, 0.15) is 47.5 Å².